The van der Waals surface area contributed by atoms with Crippen LogP contribution in [0.5, 0.6) is 5.75 Å². The number of benzene rings is 2. The lowest BCUT2D eigenvalue weighted by Gasteiger charge is -2.33. The Kier molecular flexibility index (Phi) is 6.58. The maximum absolute atomic E-state index is 13.8. The fraction of sp³-hybridized carbons (Fsp3) is 0.200. The molecule has 2 heterocycles. The van der Waals surface area contributed by atoms with Crippen LogP contribution in [0.15, 0.2) is 72.4 Å². The monoisotopic (exact) mass is 414 g/mol. The maximum Gasteiger partial charge on any atom is 0.291 e. The van der Waals surface area contributed by atoms with Gasteiger partial charge in [0.05, 0.1) is 6.33 Å². The fourth-order valence-corrected chi connectivity index (χ4v) is 3.13. The van der Waals surface area contributed by atoms with Crippen molar-refractivity contribution in [2.75, 3.05) is 0 Å². The molecule has 1 aliphatic rings. The molecule has 156 valence electrons. The summed E-state index contributed by atoms with van der Waals surface area (Å²) in [6.07, 6.45) is 5.15. The van der Waals surface area contributed by atoms with Gasteiger partial charge < -0.3 is 19.3 Å². The molecule has 1 aromatic heterocycles. The van der Waals surface area contributed by atoms with E-state index in [-0.39, 0.29) is 24.6 Å². The molecule has 2 atom stereocenters. The molecule has 4 rings (SSSR count). The van der Waals surface area contributed by atoms with Gasteiger partial charge in [-0.05, 0) is 25.1 Å². The van der Waals surface area contributed by atoms with Gasteiger partial charge in [-0.25, -0.2) is 9.37 Å². The molecule has 1 N–H and O–H groups in total. The highest BCUT2D eigenvalue weighted by molar-refractivity contribution is 6.06. The van der Waals surface area contributed by atoms with Gasteiger partial charge in [-0.15, -0.1) is 10.1 Å². The number of rotatable bonds is 4. The van der Waals surface area contributed by atoms with Crippen molar-refractivity contribution in [2.24, 2.45) is 5.16 Å². The molecule has 0 fully saturated rings. The van der Waals surface area contributed by atoms with E-state index in [9.17, 15) is 4.39 Å². The van der Waals surface area contributed by atoms with Crippen LogP contribution in [0.4, 0.5) is 4.39 Å². The Labute approximate surface area is 171 Å². The zero-order chi connectivity index (χ0) is 21.5. The second kappa shape index (κ2) is 9.50. The molecule has 0 spiro atoms. The van der Waals surface area contributed by atoms with Crippen molar-refractivity contribution >= 4 is 5.71 Å². The number of hydrogen-bond acceptors (Lipinski definition) is 6. The predicted molar refractivity (Wildman–Crippen MR) is 104 cm³/mol. The number of nitrogens with zero attached hydrogens (tertiary/aromatic N) is 4. The van der Waals surface area contributed by atoms with Gasteiger partial charge in [0.2, 0.25) is 0 Å². The van der Waals surface area contributed by atoms with Crippen LogP contribution in [0.2, 0.25) is 0 Å². The van der Waals surface area contributed by atoms with Gasteiger partial charge in [-0.3, -0.25) is 0 Å². The van der Waals surface area contributed by atoms with E-state index >= 15 is 0 Å². The highest BCUT2D eigenvalue weighted by atomic mass is 19.1. The second-order valence-corrected chi connectivity index (χ2v) is 6.35. The Morgan fingerprint density at radius 2 is 2.00 bits per heavy atom. The van der Waals surface area contributed by atoms with Crippen molar-refractivity contribution < 1.29 is 24.3 Å². The summed E-state index contributed by atoms with van der Waals surface area (Å²) in [7, 11) is 0. The van der Waals surface area contributed by atoms with Crippen molar-refractivity contribution in [3.8, 4) is 5.75 Å². The number of ether oxygens (including phenoxy) is 1. The molecule has 30 heavy (non-hydrogen) atoms. The Morgan fingerprint density at radius 1 is 1.30 bits per heavy atom. The minimum atomic E-state index is -1.50. The Hall–Kier alpha value is -3.95. The first-order valence-corrected chi connectivity index (χ1v) is 8.97. The van der Waals surface area contributed by atoms with E-state index in [4.69, 9.17) is 24.9 Å². The number of fused-ring (bicyclic) bond motifs is 1. The molecule has 0 saturated heterocycles. The number of oxime groups is 1. The van der Waals surface area contributed by atoms with Crippen LogP contribution in [0, 0.1) is 15.9 Å². The highest BCUT2D eigenvalue weighted by Gasteiger charge is 2.34. The van der Waals surface area contributed by atoms with E-state index in [0.29, 0.717) is 5.56 Å². The normalized spacial score (nSPS) is 18.5. The van der Waals surface area contributed by atoms with Crippen LogP contribution >= 0.6 is 0 Å². The quantitative estimate of drug-likeness (QED) is 0.515. The van der Waals surface area contributed by atoms with Gasteiger partial charge in [0.1, 0.15) is 36.0 Å². The molecule has 1 aliphatic heterocycles. The number of hydrogen-bond donors (Lipinski definition) is 1. The predicted octanol–water partition coefficient (Wildman–Crippen LogP) is 3.62. The van der Waals surface area contributed by atoms with Crippen LogP contribution in [0.25, 0.3) is 0 Å². The molecular formula is C20H19FN4O5. The Bertz CT molecular complexity index is 1020. The standard InChI is InChI=1S/C20H18FN3O2.HNO3/c1-14-20(24-11-10-22-13-24)19(16-7-3-5-9-18(16)26-14)23-25-12-15-6-2-4-8-17(15)21;2-1(3)4/h2-11,13-14,20H,12H2,1H3;(H,2,3,4)/b23-19-;. The first kappa shape index (κ1) is 20.8. The van der Waals surface area contributed by atoms with E-state index in [1.54, 1.807) is 30.7 Å². The third kappa shape index (κ3) is 4.90. The van der Waals surface area contributed by atoms with E-state index < -0.39 is 5.09 Å². The number of halogens is 1. The van der Waals surface area contributed by atoms with Crippen molar-refractivity contribution in [1.82, 2.24) is 9.55 Å². The number of para-hydroxylation sites is 1. The summed E-state index contributed by atoms with van der Waals surface area (Å²) in [4.78, 5) is 18.0. The summed E-state index contributed by atoms with van der Waals surface area (Å²) in [6.45, 7) is 2.04. The summed E-state index contributed by atoms with van der Waals surface area (Å²) < 4.78 is 21.8. The topological polar surface area (TPSA) is 112 Å². The van der Waals surface area contributed by atoms with Crippen LogP contribution in [-0.2, 0) is 11.4 Å². The molecule has 2 aromatic carbocycles. The van der Waals surface area contributed by atoms with Crippen molar-refractivity contribution in [3.05, 3.63) is 94.3 Å². The van der Waals surface area contributed by atoms with Crippen LogP contribution in [-0.4, -0.2) is 31.7 Å². The molecule has 10 heteroatoms. The lowest BCUT2D eigenvalue weighted by Crippen LogP contribution is -2.37. The molecule has 0 amide bonds. The molecule has 0 aliphatic carbocycles. The van der Waals surface area contributed by atoms with E-state index in [0.717, 1.165) is 17.0 Å². The molecule has 0 bridgehead atoms. The summed E-state index contributed by atoms with van der Waals surface area (Å²) in [5.74, 6) is 0.448. The smallest absolute Gasteiger partial charge is 0.291 e. The van der Waals surface area contributed by atoms with Gasteiger partial charge in [0.25, 0.3) is 5.09 Å². The van der Waals surface area contributed by atoms with Crippen molar-refractivity contribution in [1.29, 1.82) is 0 Å². The SMILES string of the molecule is CC1Oc2ccccc2/C(=N/OCc2ccccc2F)C1n1ccnc1.O=[N+]([O-])O. The molecule has 9 nitrogen and oxygen atoms in total. The maximum atomic E-state index is 13.8. The first-order valence-electron chi connectivity index (χ1n) is 8.97. The van der Waals surface area contributed by atoms with Crippen molar-refractivity contribution in [3.63, 3.8) is 0 Å². The van der Waals surface area contributed by atoms with Crippen LogP contribution in [0.3, 0.4) is 0 Å². The van der Waals surface area contributed by atoms with Gasteiger partial charge in [0, 0.05) is 23.5 Å². The molecule has 3 aromatic rings. The minimum Gasteiger partial charge on any atom is -0.487 e. The van der Waals surface area contributed by atoms with Gasteiger partial charge in [0.15, 0.2) is 0 Å². The van der Waals surface area contributed by atoms with Crippen LogP contribution < -0.4 is 4.74 Å². The van der Waals surface area contributed by atoms with E-state index in [1.807, 2.05) is 42.0 Å². The molecule has 0 radical (unpaired) electrons. The van der Waals surface area contributed by atoms with E-state index in [2.05, 4.69) is 10.1 Å². The molecular weight excluding hydrogens is 395 g/mol. The number of aromatic nitrogens is 2. The summed E-state index contributed by atoms with van der Waals surface area (Å²) in [6, 6.07) is 14.0. The van der Waals surface area contributed by atoms with Gasteiger partial charge >= 0.3 is 0 Å². The van der Waals surface area contributed by atoms with E-state index in [1.165, 1.54) is 6.07 Å². The summed E-state index contributed by atoms with van der Waals surface area (Å²) in [5.41, 5.74) is 2.05. The lowest BCUT2D eigenvalue weighted by atomic mass is 9.95. The highest BCUT2D eigenvalue weighted by Crippen LogP contribution is 2.34. The van der Waals surface area contributed by atoms with Gasteiger partial charge in [-0.1, -0.05) is 35.5 Å². The third-order valence-electron chi connectivity index (χ3n) is 4.39. The Balaban J connectivity index is 0.000000589. The third-order valence-corrected chi connectivity index (χ3v) is 4.39. The molecule has 0 saturated carbocycles. The summed E-state index contributed by atoms with van der Waals surface area (Å²) >= 11 is 0. The number of imidazole rings is 1. The average Bonchev–Trinajstić information content (AvgIpc) is 3.23. The zero-order valence-electron chi connectivity index (χ0n) is 16.0. The fourth-order valence-electron chi connectivity index (χ4n) is 3.13. The first-order chi connectivity index (χ1) is 14.5. The summed E-state index contributed by atoms with van der Waals surface area (Å²) in [5, 5.41) is 18.0. The average molecular weight is 414 g/mol. The largest absolute Gasteiger partial charge is 0.487 e. The zero-order valence-corrected chi connectivity index (χ0v) is 16.0. The van der Waals surface area contributed by atoms with Crippen LogP contribution in [0.1, 0.15) is 24.1 Å². The second-order valence-electron chi connectivity index (χ2n) is 6.35. The van der Waals surface area contributed by atoms with Gasteiger partial charge in [-0.2, -0.15) is 0 Å². The lowest BCUT2D eigenvalue weighted by molar-refractivity contribution is -0.742. The Morgan fingerprint density at radius 3 is 2.70 bits per heavy atom. The van der Waals surface area contributed by atoms with Crippen molar-refractivity contribution in [2.45, 2.75) is 25.7 Å². The minimum absolute atomic E-state index is 0.0597. The molecule has 2 unspecified atom stereocenters.